The maximum Gasteiger partial charge on any atom is 0.149 e. The number of rotatable bonds is 3. The minimum atomic E-state index is -0.541. The summed E-state index contributed by atoms with van der Waals surface area (Å²) in [5.41, 5.74) is 0. The molecule has 1 aliphatic rings. The Balaban J connectivity index is 2.58. The van der Waals surface area contributed by atoms with Crippen LogP contribution in [0.5, 0.6) is 0 Å². The number of hydrogen-bond donors (Lipinski definition) is 1. The molecule has 1 N–H and O–H groups in total. The van der Waals surface area contributed by atoms with Crippen molar-refractivity contribution in [1.82, 2.24) is 4.90 Å². The SMILES string of the molecule is CC(=O)[C@H]([C@@H](C)O)N1CCCC1. The molecular formula is C9H17NO2. The maximum absolute atomic E-state index is 11.2. The van der Waals surface area contributed by atoms with Crippen LogP contribution in [-0.2, 0) is 4.79 Å². The van der Waals surface area contributed by atoms with Gasteiger partial charge in [-0.25, -0.2) is 0 Å². The summed E-state index contributed by atoms with van der Waals surface area (Å²) in [6.07, 6.45) is 1.76. The Kier molecular flexibility index (Phi) is 3.23. The lowest BCUT2D eigenvalue weighted by Crippen LogP contribution is -2.45. The molecule has 0 aliphatic carbocycles. The minimum Gasteiger partial charge on any atom is -0.391 e. The van der Waals surface area contributed by atoms with E-state index in [2.05, 4.69) is 4.90 Å². The Hall–Kier alpha value is -0.410. The lowest BCUT2D eigenvalue weighted by Gasteiger charge is -2.27. The second kappa shape index (κ2) is 4.01. The lowest BCUT2D eigenvalue weighted by atomic mass is 10.1. The van der Waals surface area contributed by atoms with Gasteiger partial charge in [0.05, 0.1) is 12.1 Å². The van der Waals surface area contributed by atoms with Crippen molar-refractivity contribution in [3.63, 3.8) is 0 Å². The van der Waals surface area contributed by atoms with Crippen LogP contribution in [0.3, 0.4) is 0 Å². The Morgan fingerprint density at radius 3 is 2.25 bits per heavy atom. The van der Waals surface area contributed by atoms with E-state index in [9.17, 15) is 9.90 Å². The van der Waals surface area contributed by atoms with Crippen LogP contribution in [0.1, 0.15) is 26.7 Å². The molecule has 0 amide bonds. The maximum atomic E-state index is 11.2. The van der Waals surface area contributed by atoms with Crippen molar-refractivity contribution in [3.8, 4) is 0 Å². The molecule has 0 saturated carbocycles. The molecule has 12 heavy (non-hydrogen) atoms. The molecule has 0 aromatic heterocycles. The van der Waals surface area contributed by atoms with Crippen molar-refractivity contribution in [3.05, 3.63) is 0 Å². The van der Waals surface area contributed by atoms with E-state index in [1.165, 1.54) is 0 Å². The van der Waals surface area contributed by atoms with Crippen molar-refractivity contribution < 1.29 is 9.90 Å². The van der Waals surface area contributed by atoms with Gasteiger partial charge in [0, 0.05) is 0 Å². The lowest BCUT2D eigenvalue weighted by molar-refractivity contribution is -0.125. The largest absolute Gasteiger partial charge is 0.391 e. The van der Waals surface area contributed by atoms with Gasteiger partial charge in [0.25, 0.3) is 0 Å². The van der Waals surface area contributed by atoms with Gasteiger partial charge < -0.3 is 5.11 Å². The molecule has 1 saturated heterocycles. The number of ketones is 1. The Morgan fingerprint density at radius 1 is 1.42 bits per heavy atom. The molecule has 0 aromatic rings. The fraction of sp³-hybridized carbons (Fsp3) is 0.889. The molecule has 0 unspecified atom stereocenters. The fourth-order valence-electron chi connectivity index (χ4n) is 1.92. The smallest absolute Gasteiger partial charge is 0.149 e. The zero-order chi connectivity index (χ0) is 9.14. The molecule has 70 valence electrons. The average molecular weight is 171 g/mol. The first-order valence-corrected chi connectivity index (χ1v) is 4.55. The van der Waals surface area contributed by atoms with E-state index in [4.69, 9.17) is 0 Å². The van der Waals surface area contributed by atoms with Crippen LogP contribution in [0.15, 0.2) is 0 Å². The quantitative estimate of drug-likeness (QED) is 0.669. The molecule has 1 heterocycles. The number of Topliss-reactive ketones (excluding diaryl/α,β-unsaturated/α-hetero) is 1. The Labute approximate surface area is 73.4 Å². The molecule has 1 aliphatic heterocycles. The van der Waals surface area contributed by atoms with Crippen molar-refractivity contribution >= 4 is 5.78 Å². The first-order chi connectivity index (χ1) is 5.63. The number of carbonyl (C=O) groups excluding carboxylic acids is 1. The summed E-state index contributed by atoms with van der Waals surface area (Å²) in [4.78, 5) is 13.2. The molecule has 3 heteroatoms. The highest BCUT2D eigenvalue weighted by molar-refractivity contribution is 5.82. The molecule has 1 fully saturated rings. The second-order valence-corrected chi connectivity index (χ2v) is 3.54. The van der Waals surface area contributed by atoms with Gasteiger partial charge in [-0.05, 0) is 39.8 Å². The highest BCUT2D eigenvalue weighted by Gasteiger charge is 2.28. The highest BCUT2D eigenvalue weighted by atomic mass is 16.3. The topological polar surface area (TPSA) is 40.5 Å². The molecule has 0 bridgehead atoms. The van der Waals surface area contributed by atoms with Gasteiger partial charge in [-0.3, -0.25) is 9.69 Å². The van der Waals surface area contributed by atoms with E-state index in [0.29, 0.717) is 0 Å². The number of likely N-dealkylation sites (tertiary alicyclic amines) is 1. The highest BCUT2D eigenvalue weighted by Crippen LogP contribution is 2.14. The summed E-state index contributed by atoms with van der Waals surface area (Å²) in [7, 11) is 0. The van der Waals surface area contributed by atoms with Crippen LogP contribution in [0.2, 0.25) is 0 Å². The van der Waals surface area contributed by atoms with Crippen LogP contribution in [0.25, 0.3) is 0 Å². The zero-order valence-corrected chi connectivity index (χ0v) is 7.79. The fourth-order valence-corrected chi connectivity index (χ4v) is 1.92. The van der Waals surface area contributed by atoms with Gasteiger partial charge in [-0.2, -0.15) is 0 Å². The van der Waals surface area contributed by atoms with Crippen LogP contribution >= 0.6 is 0 Å². The van der Waals surface area contributed by atoms with Crippen LogP contribution in [0.4, 0.5) is 0 Å². The van der Waals surface area contributed by atoms with E-state index in [1.54, 1.807) is 13.8 Å². The Morgan fingerprint density at radius 2 is 1.92 bits per heavy atom. The van der Waals surface area contributed by atoms with Crippen LogP contribution in [0, 0.1) is 0 Å². The van der Waals surface area contributed by atoms with E-state index in [1.807, 2.05) is 0 Å². The molecule has 3 nitrogen and oxygen atoms in total. The molecule has 0 radical (unpaired) electrons. The predicted octanol–water partition coefficient (Wildman–Crippen LogP) is 0.421. The second-order valence-electron chi connectivity index (χ2n) is 3.54. The zero-order valence-electron chi connectivity index (χ0n) is 7.79. The van der Waals surface area contributed by atoms with E-state index in [0.717, 1.165) is 25.9 Å². The van der Waals surface area contributed by atoms with Gasteiger partial charge in [0.2, 0.25) is 0 Å². The van der Waals surface area contributed by atoms with Gasteiger partial charge in [0.1, 0.15) is 5.78 Å². The number of nitrogens with zero attached hydrogens (tertiary/aromatic N) is 1. The number of hydrogen-bond acceptors (Lipinski definition) is 3. The summed E-state index contributed by atoms with van der Waals surface area (Å²) in [5.74, 6) is 0.0758. The molecule has 2 atom stereocenters. The van der Waals surface area contributed by atoms with E-state index >= 15 is 0 Å². The van der Waals surface area contributed by atoms with Gasteiger partial charge in [-0.1, -0.05) is 0 Å². The third-order valence-electron chi connectivity index (χ3n) is 2.41. The molecule has 1 rings (SSSR count). The third-order valence-corrected chi connectivity index (χ3v) is 2.41. The van der Waals surface area contributed by atoms with Crippen molar-refractivity contribution in [2.24, 2.45) is 0 Å². The van der Waals surface area contributed by atoms with Crippen LogP contribution < -0.4 is 0 Å². The number of aliphatic hydroxyl groups excluding tert-OH is 1. The van der Waals surface area contributed by atoms with Gasteiger partial charge >= 0.3 is 0 Å². The number of carbonyl (C=O) groups is 1. The summed E-state index contributed by atoms with van der Waals surface area (Å²) in [6, 6.07) is -0.271. The third kappa shape index (κ3) is 2.05. The normalized spacial score (nSPS) is 23.9. The molecule has 0 spiro atoms. The summed E-state index contributed by atoms with van der Waals surface area (Å²) in [6.45, 7) is 5.14. The first kappa shape index (κ1) is 9.68. The van der Waals surface area contributed by atoms with E-state index in [-0.39, 0.29) is 11.8 Å². The summed E-state index contributed by atoms with van der Waals surface area (Å²) in [5, 5.41) is 9.38. The van der Waals surface area contributed by atoms with Gasteiger partial charge in [-0.15, -0.1) is 0 Å². The first-order valence-electron chi connectivity index (χ1n) is 4.55. The predicted molar refractivity (Wildman–Crippen MR) is 47.0 cm³/mol. The van der Waals surface area contributed by atoms with Crippen LogP contribution in [-0.4, -0.2) is 41.0 Å². The monoisotopic (exact) mass is 171 g/mol. The van der Waals surface area contributed by atoms with E-state index < -0.39 is 6.10 Å². The average Bonchev–Trinajstić information content (AvgIpc) is 2.37. The standard InChI is InChI=1S/C9H17NO2/c1-7(11)9(8(2)12)10-5-3-4-6-10/h7,9,11H,3-6H2,1-2H3/t7-,9+/m1/s1. The summed E-state index contributed by atoms with van der Waals surface area (Å²) >= 11 is 0. The van der Waals surface area contributed by atoms with Crippen molar-refractivity contribution in [2.45, 2.75) is 38.8 Å². The minimum absolute atomic E-state index is 0.0758. The molecular weight excluding hydrogens is 154 g/mol. The van der Waals surface area contributed by atoms with Crippen molar-refractivity contribution in [1.29, 1.82) is 0 Å². The Bertz CT molecular complexity index is 162. The summed E-state index contributed by atoms with van der Waals surface area (Å²) < 4.78 is 0. The molecule has 0 aromatic carbocycles. The number of aliphatic hydroxyl groups is 1. The van der Waals surface area contributed by atoms with Gasteiger partial charge in [0.15, 0.2) is 0 Å². The van der Waals surface area contributed by atoms with Crippen molar-refractivity contribution in [2.75, 3.05) is 13.1 Å².